The third-order valence-electron chi connectivity index (χ3n) is 3.58. The zero-order valence-electron chi connectivity index (χ0n) is 15.3. The maximum Gasteiger partial charge on any atom is 0.250 e. The molecule has 5 nitrogen and oxygen atoms in total. The summed E-state index contributed by atoms with van der Waals surface area (Å²) in [6.07, 6.45) is 1.43. The van der Waals surface area contributed by atoms with Crippen molar-refractivity contribution in [3.63, 3.8) is 0 Å². The number of hydrazone groups is 1. The van der Waals surface area contributed by atoms with Gasteiger partial charge in [0.2, 0.25) is 0 Å². The largest absolute Gasteiger partial charge is 0.272 e. The summed E-state index contributed by atoms with van der Waals surface area (Å²) in [5.41, 5.74) is 5.49. The number of rotatable bonds is 8. The molecule has 0 unspecified atom stereocenters. The number of carbonyl (C=O) groups excluding carboxylic acids is 1. The molecule has 0 aliphatic carbocycles. The fourth-order valence-corrected chi connectivity index (χ4v) is 5.37. The van der Waals surface area contributed by atoms with Crippen LogP contribution in [0, 0.1) is 6.92 Å². The van der Waals surface area contributed by atoms with E-state index in [1.807, 2.05) is 0 Å². The number of nitrogens with zero attached hydrogens (tertiary/aromatic N) is 3. The lowest BCUT2D eigenvalue weighted by Gasteiger charge is -2.01. The summed E-state index contributed by atoms with van der Waals surface area (Å²) in [4.78, 5) is 12.0. The van der Waals surface area contributed by atoms with Gasteiger partial charge >= 0.3 is 0 Å². The van der Waals surface area contributed by atoms with E-state index in [4.69, 9.17) is 23.2 Å². The Hall–Kier alpha value is -1.58. The van der Waals surface area contributed by atoms with E-state index >= 15 is 0 Å². The van der Waals surface area contributed by atoms with Crippen LogP contribution in [0.25, 0.3) is 0 Å². The average Bonchev–Trinajstić information content (AvgIpc) is 3.16. The number of benzene rings is 2. The summed E-state index contributed by atoms with van der Waals surface area (Å²) >= 11 is 16.5. The molecule has 0 aliphatic rings. The highest BCUT2D eigenvalue weighted by Crippen LogP contribution is 2.30. The van der Waals surface area contributed by atoms with Crippen molar-refractivity contribution in [2.75, 3.05) is 5.75 Å². The molecule has 0 saturated carbocycles. The van der Waals surface area contributed by atoms with Gasteiger partial charge in [-0.15, -0.1) is 10.2 Å². The lowest BCUT2D eigenvalue weighted by atomic mass is 10.2. The van der Waals surface area contributed by atoms with Crippen molar-refractivity contribution in [3.8, 4) is 0 Å². The van der Waals surface area contributed by atoms with Gasteiger partial charge in [-0.05, 0) is 24.6 Å². The van der Waals surface area contributed by atoms with E-state index in [0.717, 1.165) is 14.4 Å². The first-order chi connectivity index (χ1) is 14.0. The number of hydrogen-bond acceptors (Lipinski definition) is 7. The second-order valence-electron chi connectivity index (χ2n) is 5.83. The Labute approximate surface area is 191 Å². The molecule has 1 heterocycles. The van der Waals surface area contributed by atoms with Crippen LogP contribution in [0.2, 0.25) is 10.0 Å². The number of aromatic nitrogens is 2. The Balaban J connectivity index is 1.43. The third kappa shape index (κ3) is 7.01. The maximum absolute atomic E-state index is 12.0. The van der Waals surface area contributed by atoms with Crippen LogP contribution >= 0.6 is 58.1 Å². The van der Waals surface area contributed by atoms with Gasteiger partial charge in [0, 0.05) is 11.3 Å². The molecule has 0 atom stereocenters. The first kappa shape index (κ1) is 22.1. The Morgan fingerprint density at radius 3 is 2.45 bits per heavy atom. The summed E-state index contributed by atoms with van der Waals surface area (Å²) in [5.74, 6) is 0.767. The summed E-state index contributed by atoms with van der Waals surface area (Å²) in [5, 5.41) is 13.1. The number of thioether (sulfide) groups is 2. The molecule has 0 bridgehead atoms. The molecule has 29 heavy (non-hydrogen) atoms. The number of amides is 1. The molecule has 0 saturated heterocycles. The molecule has 0 spiro atoms. The molecule has 1 aromatic heterocycles. The van der Waals surface area contributed by atoms with E-state index in [0.29, 0.717) is 15.6 Å². The van der Waals surface area contributed by atoms with Crippen LogP contribution in [0.15, 0.2) is 56.2 Å². The quantitative estimate of drug-likeness (QED) is 0.253. The molecule has 2 aromatic carbocycles. The van der Waals surface area contributed by atoms with Gasteiger partial charge in [-0.1, -0.05) is 94.0 Å². The SMILES string of the molecule is Cc1ccc(CSc2nnc(SCC(=O)N/N=C/c3c(Cl)cccc3Cl)s2)cc1. The zero-order chi connectivity index (χ0) is 20.6. The van der Waals surface area contributed by atoms with E-state index in [9.17, 15) is 4.79 Å². The predicted octanol–water partition coefficient (Wildman–Crippen LogP) is 5.69. The predicted molar refractivity (Wildman–Crippen MR) is 124 cm³/mol. The van der Waals surface area contributed by atoms with E-state index in [1.54, 1.807) is 30.0 Å². The van der Waals surface area contributed by atoms with Crippen LogP contribution in [0.4, 0.5) is 0 Å². The smallest absolute Gasteiger partial charge is 0.250 e. The van der Waals surface area contributed by atoms with Gasteiger partial charge in [-0.2, -0.15) is 5.10 Å². The number of aryl methyl sites for hydroxylation is 1. The van der Waals surface area contributed by atoms with Crippen LogP contribution in [-0.4, -0.2) is 28.1 Å². The van der Waals surface area contributed by atoms with Gasteiger partial charge in [0.25, 0.3) is 5.91 Å². The first-order valence-corrected chi connectivity index (χ1v) is 12.0. The first-order valence-electron chi connectivity index (χ1n) is 8.42. The molecule has 3 rings (SSSR count). The molecule has 1 amide bonds. The second-order valence-corrected chi connectivity index (χ2v) is 10.1. The number of nitrogens with one attached hydrogen (secondary N) is 1. The molecular weight excluding hydrogens is 467 g/mol. The van der Waals surface area contributed by atoms with Gasteiger partial charge in [-0.25, -0.2) is 5.43 Å². The van der Waals surface area contributed by atoms with Gasteiger partial charge in [0.1, 0.15) is 0 Å². The molecule has 0 fully saturated rings. The van der Waals surface area contributed by atoms with Crippen molar-refractivity contribution in [2.45, 2.75) is 21.4 Å². The summed E-state index contributed by atoms with van der Waals surface area (Å²) < 4.78 is 1.62. The fourth-order valence-electron chi connectivity index (χ4n) is 2.11. The highest BCUT2D eigenvalue weighted by Gasteiger charge is 2.09. The summed E-state index contributed by atoms with van der Waals surface area (Å²) in [6, 6.07) is 13.6. The van der Waals surface area contributed by atoms with Crippen molar-refractivity contribution in [2.24, 2.45) is 5.10 Å². The van der Waals surface area contributed by atoms with Gasteiger partial charge < -0.3 is 0 Å². The minimum Gasteiger partial charge on any atom is -0.272 e. The highest BCUT2D eigenvalue weighted by atomic mass is 35.5. The van der Waals surface area contributed by atoms with Crippen LogP contribution in [-0.2, 0) is 10.5 Å². The lowest BCUT2D eigenvalue weighted by Crippen LogP contribution is -2.19. The van der Waals surface area contributed by atoms with E-state index in [1.165, 1.54) is 40.4 Å². The van der Waals surface area contributed by atoms with Crippen LogP contribution in [0.1, 0.15) is 16.7 Å². The molecule has 0 radical (unpaired) electrons. The van der Waals surface area contributed by atoms with E-state index in [2.05, 4.69) is 51.9 Å². The van der Waals surface area contributed by atoms with Gasteiger partial charge in [0.05, 0.1) is 22.0 Å². The van der Waals surface area contributed by atoms with Gasteiger partial charge in [-0.3, -0.25) is 4.79 Å². The van der Waals surface area contributed by atoms with Crippen LogP contribution in [0.5, 0.6) is 0 Å². The van der Waals surface area contributed by atoms with Crippen LogP contribution < -0.4 is 5.43 Å². The van der Waals surface area contributed by atoms with Crippen molar-refractivity contribution in [1.29, 1.82) is 0 Å². The monoisotopic (exact) mass is 482 g/mol. The number of halogens is 2. The third-order valence-corrected chi connectivity index (χ3v) is 7.50. The maximum atomic E-state index is 12.0. The minimum atomic E-state index is -0.251. The van der Waals surface area contributed by atoms with Crippen LogP contribution in [0.3, 0.4) is 0 Å². The lowest BCUT2D eigenvalue weighted by molar-refractivity contribution is -0.118. The topological polar surface area (TPSA) is 67.2 Å². The van der Waals surface area contributed by atoms with Gasteiger partial charge in [0.15, 0.2) is 8.68 Å². The van der Waals surface area contributed by atoms with Crippen molar-refractivity contribution >= 4 is 70.2 Å². The highest BCUT2D eigenvalue weighted by molar-refractivity contribution is 8.03. The molecule has 150 valence electrons. The number of carbonyl (C=O) groups is 1. The molecular formula is C19H16Cl2N4OS3. The molecule has 3 aromatic rings. The van der Waals surface area contributed by atoms with Crippen molar-refractivity contribution < 1.29 is 4.79 Å². The molecule has 0 aliphatic heterocycles. The molecule has 1 N–H and O–H groups in total. The molecule has 10 heteroatoms. The van der Waals surface area contributed by atoms with E-state index < -0.39 is 0 Å². The fraction of sp³-hybridized carbons (Fsp3) is 0.158. The van der Waals surface area contributed by atoms with Crippen molar-refractivity contribution in [1.82, 2.24) is 15.6 Å². The Morgan fingerprint density at radius 1 is 1.10 bits per heavy atom. The van der Waals surface area contributed by atoms with E-state index in [-0.39, 0.29) is 11.7 Å². The summed E-state index contributed by atoms with van der Waals surface area (Å²) in [7, 11) is 0. The summed E-state index contributed by atoms with van der Waals surface area (Å²) in [6.45, 7) is 2.07. The minimum absolute atomic E-state index is 0.185. The Kier molecular flexibility index (Phi) is 8.38. The normalized spacial score (nSPS) is 11.1. The Morgan fingerprint density at radius 2 is 1.76 bits per heavy atom. The zero-order valence-corrected chi connectivity index (χ0v) is 19.2. The van der Waals surface area contributed by atoms with Crippen molar-refractivity contribution in [3.05, 3.63) is 69.2 Å². The average molecular weight is 483 g/mol. The number of hydrogen-bond donors (Lipinski definition) is 1. The second kappa shape index (κ2) is 11.0. The standard InChI is InChI=1S/C19H16Cl2N4OS3/c1-12-5-7-13(8-6-12)10-27-18-24-25-19(29-18)28-11-17(26)23-22-9-14-15(20)3-2-4-16(14)21/h2-9H,10-11H2,1H3,(H,23,26)/b22-9+. The Bertz CT molecular complexity index is 989.